The highest BCUT2D eigenvalue weighted by atomic mass is 16.3. The van der Waals surface area contributed by atoms with Crippen LogP contribution >= 0.6 is 0 Å². The van der Waals surface area contributed by atoms with Crippen LogP contribution in [-0.4, -0.2) is 17.0 Å². The van der Waals surface area contributed by atoms with Crippen LogP contribution in [0.4, 0.5) is 0 Å². The molecule has 2 nitrogen and oxygen atoms in total. The lowest BCUT2D eigenvalue weighted by Gasteiger charge is -1.98. The van der Waals surface area contributed by atoms with E-state index in [0.29, 0.717) is 0 Å². The van der Waals surface area contributed by atoms with Gasteiger partial charge in [-0.25, -0.2) is 0 Å². The first-order valence-corrected chi connectivity index (χ1v) is 9.34. The van der Waals surface area contributed by atoms with Gasteiger partial charge < -0.3 is 5.11 Å². The molecule has 0 spiro atoms. The van der Waals surface area contributed by atoms with E-state index in [1.807, 2.05) is 6.08 Å². The molecule has 0 rings (SSSR count). The maximum absolute atomic E-state index is 11.3. The summed E-state index contributed by atoms with van der Waals surface area (Å²) in [5.74, 6) is 0.0192. The molecule has 1 unspecified atom stereocenters. The van der Waals surface area contributed by atoms with Crippen LogP contribution in [0.5, 0.6) is 0 Å². The molecule has 23 heavy (non-hydrogen) atoms. The van der Waals surface area contributed by atoms with Gasteiger partial charge in [0, 0.05) is 6.42 Å². The van der Waals surface area contributed by atoms with Gasteiger partial charge in [0.05, 0.1) is 6.10 Å². The van der Waals surface area contributed by atoms with Gasteiger partial charge in [0.15, 0.2) is 5.78 Å². The lowest BCUT2D eigenvalue weighted by molar-refractivity contribution is -0.116. The van der Waals surface area contributed by atoms with Gasteiger partial charge in [-0.15, -0.1) is 0 Å². The molecule has 0 aliphatic rings. The average molecular weight is 321 g/mol. The van der Waals surface area contributed by atoms with Gasteiger partial charge in [-0.3, -0.25) is 4.79 Å². The standard InChI is InChI=1S/C21H36O2/c1-3-4-5-6-7-8-9-10-11-12-13-14-15-16-17-18-21(23)19-20(2)22/h7-8,10-11,17-18,20,22H,3-6,9,12-16,19H2,1-2H3. The Hall–Kier alpha value is -1.15. The number of hydrogen-bond donors (Lipinski definition) is 1. The minimum absolute atomic E-state index is 0.0192. The number of carbonyl (C=O) groups excluding carboxylic acids is 1. The molecule has 2 heteroatoms. The summed E-state index contributed by atoms with van der Waals surface area (Å²) < 4.78 is 0. The number of carbonyl (C=O) groups is 1. The number of rotatable bonds is 15. The third-order valence-corrected chi connectivity index (χ3v) is 3.62. The van der Waals surface area contributed by atoms with Crippen molar-refractivity contribution >= 4 is 5.78 Å². The fourth-order valence-electron chi connectivity index (χ4n) is 2.29. The molecule has 1 N–H and O–H groups in total. The lowest BCUT2D eigenvalue weighted by atomic mass is 10.1. The predicted molar refractivity (Wildman–Crippen MR) is 101 cm³/mol. The molecule has 0 aliphatic carbocycles. The predicted octanol–water partition coefficient (Wildman–Crippen LogP) is 5.92. The van der Waals surface area contributed by atoms with Gasteiger partial charge in [0.25, 0.3) is 0 Å². The molecule has 0 saturated heterocycles. The fraction of sp³-hybridized carbons (Fsp3) is 0.667. The highest BCUT2D eigenvalue weighted by Gasteiger charge is 2.00. The zero-order chi connectivity index (χ0) is 17.2. The molecule has 0 bridgehead atoms. The van der Waals surface area contributed by atoms with Crippen molar-refractivity contribution in [3.63, 3.8) is 0 Å². The normalized spacial score (nSPS) is 13.5. The summed E-state index contributed by atoms with van der Waals surface area (Å²) >= 11 is 0. The lowest BCUT2D eigenvalue weighted by Crippen LogP contribution is -2.06. The second-order valence-electron chi connectivity index (χ2n) is 6.23. The van der Waals surface area contributed by atoms with E-state index in [0.717, 1.165) is 25.7 Å². The first kappa shape index (κ1) is 21.9. The number of allylic oxidation sites excluding steroid dienone is 6. The molecule has 0 heterocycles. The molecule has 0 aliphatic heterocycles. The quantitative estimate of drug-likeness (QED) is 0.231. The van der Waals surface area contributed by atoms with Crippen molar-refractivity contribution in [1.29, 1.82) is 0 Å². The van der Waals surface area contributed by atoms with Crippen LogP contribution in [0.2, 0.25) is 0 Å². The summed E-state index contributed by atoms with van der Waals surface area (Å²) in [7, 11) is 0. The van der Waals surface area contributed by atoms with Crippen molar-refractivity contribution < 1.29 is 9.90 Å². The van der Waals surface area contributed by atoms with Crippen molar-refractivity contribution in [1.82, 2.24) is 0 Å². The van der Waals surface area contributed by atoms with Crippen LogP contribution in [0.3, 0.4) is 0 Å². The summed E-state index contributed by atoms with van der Waals surface area (Å²) in [6.45, 7) is 3.88. The second-order valence-corrected chi connectivity index (χ2v) is 6.23. The van der Waals surface area contributed by atoms with Crippen LogP contribution in [0.25, 0.3) is 0 Å². The maximum atomic E-state index is 11.3. The van der Waals surface area contributed by atoms with Crippen LogP contribution < -0.4 is 0 Å². The molecule has 0 aromatic rings. The number of ketones is 1. The third kappa shape index (κ3) is 18.8. The third-order valence-electron chi connectivity index (χ3n) is 3.62. The summed E-state index contributed by atoms with van der Waals surface area (Å²) in [6, 6.07) is 0. The second kappa shape index (κ2) is 17.2. The number of aliphatic hydroxyl groups excluding tert-OH is 1. The van der Waals surface area contributed by atoms with Crippen molar-refractivity contribution in [3.8, 4) is 0 Å². The Kier molecular flexibility index (Phi) is 16.3. The Morgan fingerprint density at radius 2 is 1.43 bits per heavy atom. The summed E-state index contributed by atoms with van der Waals surface area (Å²) in [4.78, 5) is 11.3. The zero-order valence-electron chi connectivity index (χ0n) is 15.2. The SMILES string of the molecule is CCCCCC=CCC=CCCCCCC=CC(=O)CC(C)O. The van der Waals surface area contributed by atoms with E-state index >= 15 is 0 Å². The van der Waals surface area contributed by atoms with E-state index < -0.39 is 6.10 Å². The van der Waals surface area contributed by atoms with Gasteiger partial charge in [-0.2, -0.15) is 0 Å². The Morgan fingerprint density at radius 3 is 2.00 bits per heavy atom. The number of aliphatic hydroxyl groups is 1. The zero-order valence-corrected chi connectivity index (χ0v) is 15.2. The summed E-state index contributed by atoms with van der Waals surface area (Å²) in [5, 5.41) is 9.08. The Bertz CT molecular complexity index is 351. The Balaban J connectivity index is 3.37. The molecule has 0 amide bonds. The first-order chi connectivity index (χ1) is 11.2. The topological polar surface area (TPSA) is 37.3 Å². The molecule has 1 atom stereocenters. The van der Waals surface area contributed by atoms with Gasteiger partial charge in [-0.1, -0.05) is 56.6 Å². The Labute approximate surface area is 143 Å². The number of unbranched alkanes of at least 4 members (excludes halogenated alkanes) is 7. The Morgan fingerprint density at radius 1 is 0.870 bits per heavy atom. The molecule has 0 fully saturated rings. The van der Waals surface area contributed by atoms with Gasteiger partial charge >= 0.3 is 0 Å². The summed E-state index contributed by atoms with van der Waals surface area (Å²) in [5.41, 5.74) is 0. The molecule has 0 aromatic heterocycles. The van der Waals surface area contributed by atoms with Crippen molar-refractivity contribution in [2.24, 2.45) is 0 Å². The van der Waals surface area contributed by atoms with Crippen LogP contribution in [0, 0.1) is 0 Å². The molecule has 0 saturated carbocycles. The van der Waals surface area contributed by atoms with E-state index in [1.54, 1.807) is 13.0 Å². The minimum atomic E-state index is -0.537. The first-order valence-electron chi connectivity index (χ1n) is 9.34. The van der Waals surface area contributed by atoms with Crippen LogP contribution in [0.15, 0.2) is 36.5 Å². The van der Waals surface area contributed by atoms with Crippen molar-refractivity contribution in [2.75, 3.05) is 0 Å². The highest BCUT2D eigenvalue weighted by Crippen LogP contribution is 2.06. The maximum Gasteiger partial charge on any atom is 0.157 e. The number of hydrogen-bond acceptors (Lipinski definition) is 2. The highest BCUT2D eigenvalue weighted by molar-refractivity contribution is 5.89. The van der Waals surface area contributed by atoms with E-state index in [9.17, 15) is 4.79 Å². The molecular weight excluding hydrogens is 284 g/mol. The van der Waals surface area contributed by atoms with Gasteiger partial charge in [0.1, 0.15) is 0 Å². The van der Waals surface area contributed by atoms with E-state index in [2.05, 4.69) is 31.2 Å². The molecule has 0 radical (unpaired) electrons. The largest absolute Gasteiger partial charge is 0.393 e. The monoisotopic (exact) mass is 320 g/mol. The van der Waals surface area contributed by atoms with Crippen LogP contribution in [0.1, 0.15) is 84.5 Å². The van der Waals surface area contributed by atoms with E-state index in [1.165, 1.54) is 38.5 Å². The summed E-state index contributed by atoms with van der Waals surface area (Å²) in [6.07, 6.45) is 24.2. The average Bonchev–Trinajstić information content (AvgIpc) is 2.50. The van der Waals surface area contributed by atoms with Gasteiger partial charge in [0.2, 0.25) is 0 Å². The van der Waals surface area contributed by atoms with E-state index in [-0.39, 0.29) is 12.2 Å². The van der Waals surface area contributed by atoms with Gasteiger partial charge in [-0.05, 0) is 57.9 Å². The van der Waals surface area contributed by atoms with Crippen molar-refractivity contribution in [2.45, 2.75) is 90.6 Å². The molecule has 0 aromatic carbocycles. The minimum Gasteiger partial charge on any atom is -0.393 e. The fourth-order valence-corrected chi connectivity index (χ4v) is 2.29. The smallest absolute Gasteiger partial charge is 0.157 e. The molecule has 132 valence electrons. The van der Waals surface area contributed by atoms with Crippen LogP contribution in [-0.2, 0) is 4.79 Å². The van der Waals surface area contributed by atoms with Crippen molar-refractivity contribution in [3.05, 3.63) is 36.5 Å². The molecular formula is C21H36O2. The van der Waals surface area contributed by atoms with E-state index in [4.69, 9.17) is 5.11 Å².